The fraction of sp³-hybridized carbons (Fsp3) is 0.500. The minimum absolute atomic E-state index is 0.764. The number of nitrogens with one attached hydrogen (secondary N) is 1. The van der Waals surface area contributed by atoms with Gasteiger partial charge in [-0.05, 0) is 50.0 Å². The molecule has 14 heavy (non-hydrogen) atoms. The summed E-state index contributed by atoms with van der Waals surface area (Å²) in [7, 11) is 0. The molecule has 0 aliphatic heterocycles. The van der Waals surface area contributed by atoms with E-state index in [1.807, 2.05) is 0 Å². The molecule has 0 atom stereocenters. The zero-order chi connectivity index (χ0) is 10.4. The van der Waals surface area contributed by atoms with Crippen LogP contribution in [0.4, 0.5) is 0 Å². The van der Waals surface area contributed by atoms with Gasteiger partial charge in [-0.2, -0.15) is 0 Å². The van der Waals surface area contributed by atoms with Crippen molar-refractivity contribution >= 4 is 0 Å². The normalized spacial score (nSPS) is 10.5. The average Bonchev–Trinajstić information content (AvgIpc) is 2.19. The monoisotopic (exact) mass is 192 g/mol. The summed E-state index contributed by atoms with van der Waals surface area (Å²) in [5.41, 5.74) is 9.57. The Hall–Kier alpha value is -0.860. The van der Waals surface area contributed by atoms with Crippen molar-refractivity contribution in [2.45, 2.75) is 26.8 Å². The van der Waals surface area contributed by atoms with Crippen LogP contribution in [0.3, 0.4) is 0 Å². The third-order valence-corrected chi connectivity index (χ3v) is 2.59. The number of rotatable bonds is 5. The summed E-state index contributed by atoms with van der Waals surface area (Å²) in [5.74, 6) is 0. The topological polar surface area (TPSA) is 38.0 Å². The zero-order valence-corrected chi connectivity index (χ0v) is 9.14. The van der Waals surface area contributed by atoms with E-state index in [9.17, 15) is 0 Å². The first kappa shape index (κ1) is 11.2. The van der Waals surface area contributed by atoms with Gasteiger partial charge in [0.1, 0.15) is 0 Å². The molecule has 1 aromatic rings. The van der Waals surface area contributed by atoms with Crippen molar-refractivity contribution in [1.82, 2.24) is 5.32 Å². The Morgan fingerprint density at radius 1 is 1.29 bits per heavy atom. The molecule has 0 saturated heterocycles. The van der Waals surface area contributed by atoms with E-state index in [1.165, 1.54) is 16.7 Å². The van der Waals surface area contributed by atoms with Crippen molar-refractivity contribution in [3.8, 4) is 0 Å². The van der Waals surface area contributed by atoms with Gasteiger partial charge in [0.2, 0.25) is 0 Å². The Labute approximate surface area is 86.5 Å². The summed E-state index contributed by atoms with van der Waals surface area (Å²) in [5, 5.41) is 3.39. The second-order valence-corrected chi connectivity index (χ2v) is 3.68. The van der Waals surface area contributed by atoms with Gasteiger partial charge >= 0.3 is 0 Å². The van der Waals surface area contributed by atoms with Crippen molar-refractivity contribution in [2.75, 3.05) is 13.1 Å². The Morgan fingerprint density at radius 2 is 2.07 bits per heavy atom. The Balaban J connectivity index is 2.46. The van der Waals surface area contributed by atoms with Crippen LogP contribution < -0.4 is 11.1 Å². The van der Waals surface area contributed by atoms with Crippen LogP contribution in [0.1, 0.15) is 23.1 Å². The first-order valence-electron chi connectivity index (χ1n) is 5.21. The molecule has 0 radical (unpaired) electrons. The molecule has 1 aromatic carbocycles. The van der Waals surface area contributed by atoms with E-state index in [2.05, 4.69) is 37.4 Å². The minimum Gasteiger partial charge on any atom is -0.330 e. The van der Waals surface area contributed by atoms with Crippen molar-refractivity contribution in [2.24, 2.45) is 5.73 Å². The smallest absolute Gasteiger partial charge is 0.0208 e. The van der Waals surface area contributed by atoms with Crippen LogP contribution in [0.25, 0.3) is 0 Å². The zero-order valence-electron chi connectivity index (χ0n) is 9.14. The van der Waals surface area contributed by atoms with E-state index in [4.69, 9.17) is 5.73 Å². The molecule has 2 heteroatoms. The highest BCUT2D eigenvalue weighted by Gasteiger charge is 1.98. The summed E-state index contributed by atoms with van der Waals surface area (Å²) in [6.07, 6.45) is 1.05. The number of hydrogen-bond donors (Lipinski definition) is 2. The SMILES string of the molecule is Cc1cccc(CNCCCN)c1C. The summed E-state index contributed by atoms with van der Waals surface area (Å²) < 4.78 is 0. The standard InChI is InChI=1S/C12H20N2/c1-10-5-3-6-12(11(10)2)9-14-8-4-7-13/h3,5-6,14H,4,7-9,13H2,1-2H3. The van der Waals surface area contributed by atoms with Crippen molar-refractivity contribution in [1.29, 1.82) is 0 Å². The summed E-state index contributed by atoms with van der Waals surface area (Å²) >= 11 is 0. The van der Waals surface area contributed by atoms with Crippen LogP contribution in [0.2, 0.25) is 0 Å². The Morgan fingerprint density at radius 3 is 2.79 bits per heavy atom. The quantitative estimate of drug-likeness (QED) is 0.697. The van der Waals surface area contributed by atoms with E-state index in [0.717, 1.165) is 26.1 Å². The predicted molar refractivity (Wildman–Crippen MR) is 61.3 cm³/mol. The van der Waals surface area contributed by atoms with Gasteiger partial charge < -0.3 is 11.1 Å². The van der Waals surface area contributed by atoms with Gasteiger partial charge in [-0.15, -0.1) is 0 Å². The maximum atomic E-state index is 5.42. The average molecular weight is 192 g/mol. The number of aryl methyl sites for hydroxylation is 1. The molecule has 0 fully saturated rings. The lowest BCUT2D eigenvalue weighted by molar-refractivity contribution is 0.653. The molecule has 2 nitrogen and oxygen atoms in total. The van der Waals surface area contributed by atoms with E-state index in [0.29, 0.717) is 0 Å². The molecule has 0 heterocycles. The van der Waals surface area contributed by atoms with Gasteiger partial charge in [-0.3, -0.25) is 0 Å². The number of nitrogens with two attached hydrogens (primary N) is 1. The molecular formula is C12H20N2. The van der Waals surface area contributed by atoms with Crippen LogP contribution in [-0.2, 0) is 6.54 Å². The van der Waals surface area contributed by atoms with Crippen LogP contribution in [-0.4, -0.2) is 13.1 Å². The first-order valence-corrected chi connectivity index (χ1v) is 5.21. The lowest BCUT2D eigenvalue weighted by atomic mass is 10.0. The molecule has 0 aromatic heterocycles. The largest absolute Gasteiger partial charge is 0.330 e. The third-order valence-electron chi connectivity index (χ3n) is 2.59. The molecule has 0 saturated carbocycles. The maximum absolute atomic E-state index is 5.42. The van der Waals surface area contributed by atoms with Crippen molar-refractivity contribution < 1.29 is 0 Å². The summed E-state index contributed by atoms with van der Waals surface area (Å²) in [6, 6.07) is 6.44. The molecule has 1 rings (SSSR count). The van der Waals surface area contributed by atoms with E-state index < -0.39 is 0 Å². The van der Waals surface area contributed by atoms with E-state index in [1.54, 1.807) is 0 Å². The molecule has 0 aliphatic rings. The second kappa shape index (κ2) is 5.78. The fourth-order valence-corrected chi connectivity index (χ4v) is 1.45. The Kier molecular flexibility index (Phi) is 4.63. The third kappa shape index (κ3) is 3.13. The van der Waals surface area contributed by atoms with Gasteiger partial charge in [0.05, 0.1) is 0 Å². The van der Waals surface area contributed by atoms with Gasteiger partial charge in [-0.25, -0.2) is 0 Å². The molecule has 0 bridgehead atoms. The molecule has 0 unspecified atom stereocenters. The molecule has 0 amide bonds. The second-order valence-electron chi connectivity index (χ2n) is 3.68. The highest BCUT2D eigenvalue weighted by atomic mass is 14.8. The van der Waals surface area contributed by atoms with Crippen LogP contribution >= 0.6 is 0 Å². The van der Waals surface area contributed by atoms with Crippen molar-refractivity contribution in [3.05, 3.63) is 34.9 Å². The van der Waals surface area contributed by atoms with Crippen LogP contribution in [0, 0.1) is 13.8 Å². The van der Waals surface area contributed by atoms with Gasteiger partial charge in [0, 0.05) is 6.54 Å². The maximum Gasteiger partial charge on any atom is 0.0208 e. The molecular weight excluding hydrogens is 172 g/mol. The fourth-order valence-electron chi connectivity index (χ4n) is 1.45. The highest BCUT2D eigenvalue weighted by Crippen LogP contribution is 2.11. The van der Waals surface area contributed by atoms with Gasteiger partial charge in [0.25, 0.3) is 0 Å². The van der Waals surface area contributed by atoms with E-state index >= 15 is 0 Å². The molecule has 78 valence electrons. The molecule has 3 N–H and O–H groups in total. The Bertz CT molecular complexity index is 282. The van der Waals surface area contributed by atoms with Gasteiger partial charge in [-0.1, -0.05) is 18.2 Å². The first-order chi connectivity index (χ1) is 6.75. The van der Waals surface area contributed by atoms with Crippen LogP contribution in [0.5, 0.6) is 0 Å². The van der Waals surface area contributed by atoms with Gasteiger partial charge in [0.15, 0.2) is 0 Å². The number of benzene rings is 1. The van der Waals surface area contributed by atoms with Crippen LogP contribution in [0.15, 0.2) is 18.2 Å². The summed E-state index contributed by atoms with van der Waals surface area (Å²) in [6.45, 7) is 7.05. The molecule has 0 spiro atoms. The summed E-state index contributed by atoms with van der Waals surface area (Å²) in [4.78, 5) is 0. The lowest BCUT2D eigenvalue weighted by Gasteiger charge is -2.09. The van der Waals surface area contributed by atoms with Crippen molar-refractivity contribution in [3.63, 3.8) is 0 Å². The predicted octanol–water partition coefficient (Wildman–Crippen LogP) is 1.74. The number of hydrogen-bond acceptors (Lipinski definition) is 2. The lowest BCUT2D eigenvalue weighted by Crippen LogP contribution is -2.18. The van der Waals surface area contributed by atoms with E-state index in [-0.39, 0.29) is 0 Å². The molecule has 0 aliphatic carbocycles. The highest BCUT2D eigenvalue weighted by molar-refractivity contribution is 5.32. The minimum atomic E-state index is 0.764.